The summed E-state index contributed by atoms with van der Waals surface area (Å²) in [4.78, 5) is 6.50. The van der Waals surface area contributed by atoms with Gasteiger partial charge in [0, 0.05) is 32.5 Å². The molecule has 2 rings (SSSR count). The standard InChI is InChI=1S/C10H18N4O/c1-8-12-10(13-15-8)3-5-11-9-4-6-14(2)7-9/h9,11H,3-7H2,1-2H3. The Hall–Kier alpha value is -0.940. The SMILES string of the molecule is Cc1nc(CCNC2CCN(C)C2)no1. The summed E-state index contributed by atoms with van der Waals surface area (Å²) >= 11 is 0. The van der Waals surface area contributed by atoms with Crippen LogP contribution in [0.4, 0.5) is 0 Å². The molecule has 1 unspecified atom stereocenters. The first-order valence-electron chi connectivity index (χ1n) is 5.45. The van der Waals surface area contributed by atoms with Crippen molar-refractivity contribution in [3.63, 3.8) is 0 Å². The van der Waals surface area contributed by atoms with Crippen molar-refractivity contribution in [2.75, 3.05) is 26.7 Å². The number of aromatic nitrogens is 2. The molecule has 1 aromatic heterocycles. The molecule has 1 aliphatic rings. The molecule has 1 saturated heterocycles. The van der Waals surface area contributed by atoms with Gasteiger partial charge >= 0.3 is 0 Å². The van der Waals surface area contributed by atoms with Gasteiger partial charge in [-0.1, -0.05) is 5.16 Å². The van der Waals surface area contributed by atoms with E-state index < -0.39 is 0 Å². The minimum Gasteiger partial charge on any atom is -0.340 e. The van der Waals surface area contributed by atoms with Crippen LogP contribution < -0.4 is 5.32 Å². The topological polar surface area (TPSA) is 54.2 Å². The molecule has 1 N–H and O–H groups in total. The van der Waals surface area contributed by atoms with E-state index in [2.05, 4.69) is 27.4 Å². The third-order valence-electron chi connectivity index (χ3n) is 2.74. The van der Waals surface area contributed by atoms with Gasteiger partial charge in [-0.05, 0) is 20.0 Å². The normalized spacial score (nSPS) is 22.4. The summed E-state index contributed by atoms with van der Waals surface area (Å²) in [6.45, 7) is 5.08. The summed E-state index contributed by atoms with van der Waals surface area (Å²) in [6, 6.07) is 0.628. The Labute approximate surface area is 89.8 Å². The summed E-state index contributed by atoms with van der Waals surface area (Å²) in [6.07, 6.45) is 2.08. The molecule has 0 radical (unpaired) electrons. The Balaban J connectivity index is 1.67. The van der Waals surface area contributed by atoms with Crippen LogP contribution in [0.5, 0.6) is 0 Å². The van der Waals surface area contributed by atoms with Crippen LogP contribution in [-0.2, 0) is 6.42 Å². The van der Waals surface area contributed by atoms with Crippen LogP contribution >= 0.6 is 0 Å². The molecule has 2 heterocycles. The minimum atomic E-state index is 0.628. The molecule has 5 nitrogen and oxygen atoms in total. The predicted octanol–water partition coefficient (Wildman–Crippen LogP) is 0.214. The monoisotopic (exact) mass is 210 g/mol. The van der Waals surface area contributed by atoms with Crippen LogP contribution in [0.3, 0.4) is 0 Å². The Morgan fingerprint density at radius 2 is 2.47 bits per heavy atom. The van der Waals surface area contributed by atoms with Gasteiger partial charge in [0.05, 0.1) is 0 Å². The van der Waals surface area contributed by atoms with Gasteiger partial charge in [-0.3, -0.25) is 0 Å². The van der Waals surface area contributed by atoms with Crippen LogP contribution in [0.25, 0.3) is 0 Å². The molecular weight excluding hydrogens is 192 g/mol. The van der Waals surface area contributed by atoms with E-state index in [4.69, 9.17) is 4.52 Å². The van der Waals surface area contributed by atoms with E-state index in [1.54, 1.807) is 0 Å². The van der Waals surface area contributed by atoms with E-state index in [0.717, 1.165) is 25.3 Å². The van der Waals surface area contributed by atoms with Crippen LogP contribution in [-0.4, -0.2) is 47.8 Å². The second-order valence-electron chi connectivity index (χ2n) is 4.18. The highest BCUT2D eigenvalue weighted by Gasteiger charge is 2.18. The molecule has 15 heavy (non-hydrogen) atoms. The molecule has 0 spiro atoms. The lowest BCUT2D eigenvalue weighted by Crippen LogP contribution is -2.33. The smallest absolute Gasteiger partial charge is 0.223 e. The average Bonchev–Trinajstić information content (AvgIpc) is 2.76. The van der Waals surface area contributed by atoms with Gasteiger partial charge in [0.15, 0.2) is 5.82 Å². The highest BCUT2D eigenvalue weighted by atomic mass is 16.5. The number of nitrogens with one attached hydrogen (secondary N) is 1. The van der Waals surface area contributed by atoms with E-state index in [1.165, 1.54) is 13.0 Å². The van der Waals surface area contributed by atoms with Gasteiger partial charge < -0.3 is 14.7 Å². The van der Waals surface area contributed by atoms with Crippen molar-refractivity contribution in [2.45, 2.75) is 25.8 Å². The van der Waals surface area contributed by atoms with E-state index >= 15 is 0 Å². The number of hydrogen-bond donors (Lipinski definition) is 1. The molecule has 0 amide bonds. The number of likely N-dealkylation sites (N-methyl/N-ethyl adjacent to an activating group) is 1. The maximum atomic E-state index is 4.91. The lowest BCUT2D eigenvalue weighted by atomic mass is 10.2. The lowest BCUT2D eigenvalue weighted by Gasteiger charge is -2.11. The van der Waals surface area contributed by atoms with Crippen LogP contribution in [0.2, 0.25) is 0 Å². The maximum Gasteiger partial charge on any atom is 0.223 e. The molecule has 0 aliphatic carbocycles. The highest BCUT2D eigenvalue weighted by molar-refractivity contribution is 4.86. The molecule has 1 aliphatic heterocycles. The molecule has 5 heteroatoms. The van der Waals surface area contributed by atoms with Crippen molar-refractivity contribution >= 4 is 0 Å². The molecule has 84 valence electrons. The van der Waals surface area contributed by atoms with E-state index in [-0.39, 0.29) is 0 Å². The van der Waals surface area contributed by atoms with Crippen molar-refractivity contribution < 1.29 is 4.52 Å². The largest absolute Gasteiger partial charge is 0.340 e. The van der Waals surface area contributed by atoms with Gasteiger partial charge in [0.25, 0.3) is 0 Å². The first-order chi connectivity index (χ1) is 7.24. The van der Waals surface area contributed by atoms with Crippen molar-refractivity contribution in [1.82, 2.24) is 20.4 Å². The summed E-state index contributed by atoms with van der Waals surface area (Å²) < 4.78 is 4.91. The fourth-order valence-corrected chi connectivity index (χ4v) is 1.93. The average molecular weight is 210 g/mol. The number of likely N-dealkylation sites (tertiary alicyclic amines) is 1. The lowest BCUT2D eigenvalue weighted by molar-refractivity contribution is 0.384. The molecule has 0 bridgehead atoms. The Morgan fingerprint density at radius 1 is 1.60 bits per heavy atom. The van der Waals surface area contributed by atoms with Crippen molar-refractivity contribution in [1.29, 1.82) is 0 Å². The number of hydrogen-bond acceptors (Lipinski definition) is 5. The van der Waals surface area contributed by atoms with Crippen molar-refractivity contribution in [2.24, 2.45) is 0 Å². The summed E-state index contributed by atoms with van der Waals surface area (Å²) in [5.41, 5.74) is 0. The van der Waals surface area contributed by atoms with Gasteiger partial charge in [-0.2, -0.15) is 4.98 Å². The fraction of sp³-hybridized carbons (Fsp3) is 0.800. The van der Waals surface area contributed by atoms with E-state index in [0.29, 0.717) is 11.9 Å². The van der Waals surface area contributed by atoms with Crippen LogP contribution in [0.15, 0.2) is 4.52 Å². The number of nitrogens with zero attached hydrogens (tertiary/aromatic N) is 3. The highest BCUT2D eigenvalue weighted by Crippen LogP contribution is 2.05. The maximum absolute atomic E-state index is 4.91. The molecule has 0 aromatic carbocycles. The second kappa shape index (κ2) is 4.72. The minimum absolute atomic E-state index is 0.628. The zero-order valence-corrected chi connectivity index (χ0v) is 9.36. The zero-order chi connectivity index (χ0) is 10.7. The zero-order valence-electron chi connectivity index (χ0n) is 9.36. The van der Waals surface area contributed by atoms with Crippen molar-refractivity contribution in [3.05, 3.63) is 11.7 Å². The molecule has 0 saturated carbocycles. The predicted molar refractivity (Wildman–Crippen MR) is 56.6 cm³/mol. The van der Waals surface area contributed by atoms with Crippen molar-refractivity contribution in [3.8, 4) is 0 Å². The van der Waals surface area contributed by atoms with E-state index in [9.17, 15) is 0 Å². The van der Waals surface area contributed by atoms with Crippen LogP contribution in [0.1, 0.15) is 18.1 Å². The summed E-state index contributed by atoms with van der Waals surface area (Å²) in [7, 11) is 2.16. The quantitative estimate of drug-likeness (QED) is 0.770. The van der Waals surface area contributed by atoms with Crippen LogP contribution in [0, 0.1) is 6.92 Å². The summed E-state index contributed by atoms with van der Waals surface area (Å²) in [5, 5.41) is 7.36. The molecule has 1 atom stereocenters. The first-order valence-corrected chi connectivity index (χ1v) is 5.45. The second-order valence-corrected chi connectivity index (χ2v) is 4.18. The Morgan fingerprint density at radius 3 is 3.07 bits per heavy atom. The first kappa shape index (κ1) is 10.6. The molecular formula is C10H18N4O. The molecule has 1 aromatic rings. The van der Waals surface area contributed by atoms with Gasteiger partial charge in [-0.25, -0.2) is 0 Å². The number of rotatable bonds is 4. The molecule has 1 fully saturated rings. The Kier molecular flexibility index (Phi) is 3.33. The third kappa shape index (κ3) is 3.00. The fourth-order valence-electron chi connectivity index (χ4n) is 1.93. The summed E-state index contributed by atoms with van der Waals surface area (Å²) in [5.74, 6) is 1.44. The van der Waals surface area contributed by atoms with Gasteiger partial charge in [0.2, 0.25) is 5.89 Å². The Bertz CT molecular complexity index is 312. The van der Waals surface area contributed by atoms with E-state index in [1.807, 2.05) is 6.92 Å². The van der Waals surface area contributed by atoms with Gasteiger partial charge in [0.1, 0.15) is 0 Å². The van der Waals surface area contributed by atoms with Gasteiger partial charge in [-0.15, -0.1) is 0 Å². The third-order valence-corrected chi connectivity index (χ3v) is 2.74. The number of aryl methyl sites for hydroxylation is 1.